The average molecular weight is 246 g/mol. The Morgan fingerprint density at radius 3 is 2.59 bits per heavy atom. The number of nitrogens with zero attached hydrogens (tertiary/aromatic N) is 1. The van der Waals surface area contributed by atoms with Gasteiger partial charge in [-0.15, -0.1) is 0 Å². The molecule has 0 aromatic carbocycles. The minimum absolute atomic E-state index is 0.108. The highest BCUT2D eigenvalue weighted by Gasteiger charge is 2.23. The Bertz CT molecular complexity index is 424. The smallest absolute Gasteiger partial charge is 0.357 e. The van der Waals surface area contributed by atoms with Gasteiger partial charge in [0, 0.05) is 18.3 Å². The van der Waals surface area contributed by atoms with Crippen LogP contribution in [0.3, 0.4) is 0 Å². The predicted molar refractivity (Wildman–Crippen MR) is 55.0 cm³/mol. The minimum Gasteiger partial charge on any atom is -0.496 e. The zero-order chi connectivity index (χ0) is 13.0. The second-order valence-corrected chi connectivity index (χ2v) is 3.07. The Morgan fingerprint density at radius 1 is 1.53 bits per heavy atom. The lowest BCUT2D eigenvalue weighted by molar-refractivity contribution is 0.0591. The molecule has 0 aliphatic heterocycles. The lowest BCUT2D eigenvalue weighted by Crippen LogP contribution is -2.14. The molecule has 0 saturated carbocycles. The first-order valence-electron chi connectivity index (χ1n) is 4.69. The van der Waals surface area contributed by atoms with E-state index in [-0.39, 0.29) is 23.6 Å². The molecule has 0 unspecified atom stereocenters. The summed E-state index contributed by atoms with van der Waals surface area (Å²) in [4.78, 5) is 15.0. The minimum atomic E-state index is -2.76. The molecule has 0 atom stereocenters. The van der Waals surface area contributed by atoms with Crippen LogP contribution in [0.4, 0.5) is 8.78 Å². The Labute approximate surface area is 96.5 Å². The van der Waals surface area contributed by atoms with Crippen molar-refractivity contribution < 1.29 is 23.0 Å². The van der Waals surface area contributed by atoms with Crippen LogP contribution in [0.1, 0.15) is 28.0 Å². The van der Waals surface area contributed by atoms with Crippen molar-refractivity contribution in [1.82, 2.24) is 4.98 Å². The van der Waals surface area contributed by atoms with Crippen LogP contribution in [-0.2, 0) is 11.3 Å². The van der Waals surface area contributed by atoms with E-state index in [4.69, 9.17) is 10.5 Å². The van der Waals surface area contributed by atoms with E-state index in [2.05, 4.69) is 9.72 Å². The third-order valence-corrected chi connectivity index (χ3v) is 2.18. The fraction of sp³-hybridized carbons (Fsp3) is 0.400. The van der Waals surface area contributed by atoms with Gasteiger partial charge in [0.25, 0.3) is 6.43 Å². The highest BCUT2D eigenvalue weighted by Crippen LogP contribution is 2.32. The van der Waals surface area contributed by atoms with Gasteiger partial charge in [0.1, 0.15) is 5.75 Å². The van der Waals surface area contributed by atoms with E-state index < -0.39 is 18.0 Å². The molecule has 0 bridgehead atoms. The first-order valence-corrected chi connectivity index (χ1v) is 4.69. The molecule has 0 aliphatic rings. The molecule has 0 saturated heterocycles. The molecule has 0 fully saturated rings. The van der Waals surface area contributed by atoms with Crippen molar-refractivity contribution in [3.8, 4) is 5.75 Å². The number of rotatable bonds is 4. The van der Waals surface area contributed by atoms with E-state index in [9.17, 15) is 13.6 Å². The highest BCUT2D eigenvalue weighted by atomic mass is 19.3. The number of pyridine rings is 1. The summed E-state index contributed by atoms with van der Waals surface area (Å²) in [6.07, 6.45) is -1.87. The van der Waals surface area contributed by atoms with Crippen molar-refractivity contribution in [3.05, 3.63) is 23.0 Å². The van der Waals surface area contributed by atoms with E-state index in [0.29, 0.717) is 0 Å². The van der Waals surface area contributed by atoms with Gasteiger partial charge in [0.2, 0.25) is 0 Å². The second-order valence-electron chi connectivity index (χ2n) is 3.07. The summed E-state index contributed by atoms with van der Waals surface area (Å²) in [5.74, 6) is -0.873. The van der Waals surface area contributed by atoms with Crippen molar-refractivity contribution >= 4 is 5.97 Å². The highest BCUT2D eigenvalue weighted by molar-refractivity contribution is 5.89. The zero-order valence-corrected chi connectivity index (χ0v) is 9.37. The number of alkyl halides is 2. The Balaban J connectivity index is 3.42. The van der Waals surface area contributed by atoms with Gasteiger partial charge < -0.3 is 15.2 Å². The topological polar surface area (TPSA) is 74.4 Å². The summed E-state index contributed by atoms with van der Waals surface area (Å²) < 4.78 is 34.7. The molecule has 0 aliphatic carbocycles. The van der Waals surface area contributed by atoms with Crippen LogP contribution in [0.2, 0.25) is 0 Å². The Kier molecular flexibility index (Phi) is 4.33. The predicted octanol–water partition coefficient (Wildman–Crippen LogP) is 1.27. The number of esters is 1. The number of hydrogen-bond acceptors (Lipinski definition) is 5. The van der Waals surface area contributed by atoms with Crippen LogP contribution in [0.25, 0.3) is 0 Å². The van der Waals surface area contributed by atoms with E-state index in [1.54, 1.807) is 0 Å². The summed E-state index contributed by atoms with van der Waals surface area (Å²) in [7, 11) is 2.39. The Morgan fingerprint density at radius 2 is 2.18 bits per heavy atom. The number of carbonyl (C=O) groups is 1. The molecule has 94 valence electrons. The molecular formula is C10H12F2N2O3. The van der Waals surface area contributed by atoms with E-state index in [1.165, 1.54) is 7.11 Å². The molecule has 0 radical (unpaired) electrons. The molecule has 17 heavy (non-hydrogen) atoms. The summed E-state index contributed by atoms with van der Waals surface area (Å²) in [5.41, 5.74) is 5.01. The molecule has 1 heterocycles. The fourth-order valence-corrected chi connectivity index (χ4v) is 1.41. The van der Waals surface area contributed by atoms with Gasteiger partial charge in [0.05, 0.1) is 19.8 Å². The van der Waals surface area contributed by atoms with Crippen LogP contribution in [0.15, 0.2) is 6.20 Å². The number of carbonyl (C=O) groups excluding carboxylic acids is 1. The first-order chi connectivity index (χ1) is 8.06. The van der Waals surface area contributed by atoms with Crippen LogP contribution >= 0.6 is 0 Å². The van der Waals surface area contributed by atoms with E-state index in [0.717, 1.165) is 13.3 Å². The molecular weight excluding hydrogens is 234 g/mol. The average Bonchev–Trinajstić information content (AvgIpc) is 2.35. The standard InChI is InChI=1S/C10H12F2N2O3/c1-16-8-5(3-13)7(10(15)17-2)14-4-6(8)9(11)12/h4,9H,3,13H2,1-2H3. The second kappa shape index (κ2) is 5.53. The third kappa shape index (κ3) is 2.50. The monoisotopic (exact) mass is 246 g/mol. The SMILES string of the molecule is COC(=O)c1ncc(C(F)F)c(OC)c1CN. The number of halogens is 2. The van der Waals surface area contributed by atoms with Crippen molar-refractivity contribution in [2.75, 3.05) is 14.2 Å². The number of ether oxygens (including phenoxy) is 2. The van der Waals surface area contributed by atoms with Gasteiger partial charge in [-0.2, -0.15) is 0 Å². The van der Waals surface area contributed by atoms with Gasteiger partial charge in [-0.3, -0.25) is 0 Å². The van der Waals surface area contributed by atoms with Gasteiger partial charge in [0.15, 0.2) is 5.69 Å². The number of hydrogen-bond donors (Lipinski definition) is 1. The van der Waals surface area contributed by atoms with Crippen molar-refractivity contribution in [2.24, 2.45) is 5.73 Å². The molecule has 7 heteroatoms. The fourth-order valence-electron chi connectivity index (χ4n) is 1.41. The van der Waals surface area contributed by atoms with Gasteiger partial charge in [-0.05, 0) is 0 Å². The number of nitrogens with two attached hydrogens (primary N) is 1. The third-order valence-electron chi connectivity index (χ3n) is 2.18. The lowest BCUT2D eigenvalue weighted by Gasteiger charge is -2.14. The molecule has 1 aromatic rings. The number of aromatic nitrogens is 1. The van der Waals surface area contributed by atoms with Gasteiger partial charge in [-0.25, -0.2) is 18.6 Å². The maximum absolute atomic E-state index is 12.7. The summed E-state index contributed by atoms with van der Waals surface area (Å²) in [6, 6.07) is 0. The van der Waals surface area contributed by atoms with Crippen molar-refractivity contribution in [3.63, 3.8) is 0 Å². The molecule has 1 rings (SSSR count). The van der Waals surface area contributed by atoms with Crippen LogP contribution in [-0.4, -0.2) is 25.2 Å². The number of methoxy groups -OCH3 is 2. The molecule has 0 amide bonds. The quantitative estimate of drug-likeness (QED) is 0.810. The van der Waals surface area contributed by atoms with Crippen LogP contribution < -0.4 is 10.5 Å². The summed E-state index contributed by atoms with van der Waals surface area (Å²) in [5, 5.41) is 0. The Hall–Kier alpha value is -1.76. The molecule has 5 nitrogen and oxygen atoms in total. The maximum Gasteiger partial charge on any atom is 0.357 e. The van der Waals surface area contributed by atoms with Crippen LogP contribution in [0, 0.1) is 0 Å². The lowest BCUT2D eigenvalue weighted by atomic mass is 10.1. The maximum atomic E-state index is 12.7. The normalized spacial score (nSPS) is 10.5. The zero-order valence-electron chi connectivity index (χ0n) is 9.37. The molecule has 2 N–H and O–H groups in total. The molecule has 0 spiro atoms. The summed E-state index contributed by atoms with van der Waals surface area (Å²) >= 11 is 0. The van der Waals surface area contributed by atoms with Crippen molar-refractivity contribution in [1.29, 1.82) is 0 Å². The summed E-state index contributed by atoms with van der Waals surface area (Å²) in [6.45, 7) is -0.152. The molecule has 1 aromatic heterocycles. The van der Waals surface area contributed by atoms with E-state index >= 15 is 0 Å². The van der Waals surface area contributed by atoms with E-state index in [1.807, 2.05) is 0 Å². The van der Waals surface area contributed by atoms with Crippen LogP contribution in [0.5, 0.6) is 5.75 Å². The van der Waals surface area contributed by atoms with Crippen molar-refractivity contribution in [2.45, 2.75) is 13.0 Å². The largest absolute Gasteiger partial charge is 0.496 e. The first kappa shape index (κ1) is 13.3. The van der Waals surface area contributed by atoms with Gasteiger partial charge >= 0.3 is 5.97 Å². The van der Waals surface area contributed by atoms with Gasteiger partial charge in [-0.1, -0.05) is 0 Å².